The van der Waals surface area contributed by atoms with Gasteiger partial charge in [0.15, 0.2) is 11.9 Å². The highest BCUT2D eigenvalue weighted by Gasteiger charge is 2.27. The van der Waals surface area contributed by atoms with Crippen LogP contribution in [-0.2, 0) is 9.53 Å². The van der Waals surface area contributed by atoms with E-state index in [0.29, 0.717) is 9.88 Å². The Hall–Kier alpha value is -2.61. The second-order valence-electron chi connectivity index (χ2n) is 5.43. The number of carbonyl (C=O) groups is 3. The maximum Gasteiger partial charge on any atom is 0.349 e. The minimum absolute atomic E-state index is 0.179. The third-order valence-corrected chi connectivity index (χ3v) is 4.35. The van der Waals surface area contributed by atoms with E-state index in [-0.39, 0.29) is 17.7 Å². The average molecular weight is 348 g/mol. The summed E-state index contributed by atoms with van der Waals surface area (Å²) >= 11 is 1.07. The molecule has 3 rings (SSSR count). The monoisotopic (exact) mass is 348 g/mol. The normalized spacial score (nSPS) is 14.7. The van der Waals surface area contributed by atoms with Crippen molar-refractivity contribution in [1.82, 2.24) is 5.32 Å². The minimum atomic E-state index is -0.860. The van der Waals surface area contributed by atoms with Crippen LogP contribution in [-0.4, -0.2) is 29.9 Å². The molecule has 1 atom stereocenters. The largest absolute Gasteiger partial charge is 0.459 e. The number of thiophene rings is 1. The lowest BCUT2D eigenvalue weighted by molar-refractivity contribution is -0.129. The second-order valence-corrected chi connectivity index (χ2v) is 6.51. The number of anilines is 1. The molecule has 0 aromatic carbocycles. The molecule has 2 N–H and O–H groups in total. The molecule has 1 saturated carbocycles. The van der Waals surface area contributed by atoms with Crippen molar-refractivity contribution in [2.75, 3.05) is 5.32 Å². The molecule has 2 heterocycles. The number of hydrogen-bond acceptors (Lipinski definition) is 6. The van der Waals surface area contributed by atoms with E-state index >= 15 is 0 Å². The van der Waals surface area contributed by atoms with E-state index in [1.807, 2.05) is 0 Å². The first-order valence-electron chi connectivity index (χ1n) is 7.49. The van der Waals surface area contributed by atoms with E-state index < -0.39 is 18.0 Å². The van der Waals surface area contributed by atoms with Crippen molar-refractivity contribution in [2.24, 2.45) is 0 Å². The van der Waals surface area contributed by atoms with Crippen molar-refractivity contribution in [1.29, 1.82) is 0 Å². The highest BCUT2D eigenvalue weighted by molar-refractivity contribution is 7.18. The van der Waals surface area contributed by atoms with Gasteiger partial charge >= 0.3 is 5.97 Å². The van der Waals surface area contributed by atoms with Gasteiger partial charge < -0.3 is 19.8 Å². The van der Waals surface area contributed by atoms with Crippen molar-refractivity contribution in [2.45, 2.75) is 31.9 Å². The number of amides is 2. The highest BCUT2D eigenvalue weighted by atomic mass is 32.1. The van der Waals surface area contributed by atoms with Crippen LogP contribution in [0.4, 0.5) is 5.00 Å². The first kappa shape index (κ1) is 16.3. The number of ether oxygens (including phenoxy) is 1. The maximum absolute atomic E-state index is 12.1. The standard InChI is InChI=1S/C16H16N2O5S/c1-9(14(19)17-10-4-5-10)23-16(21)12-6-7-13(24-12)18-15(20)11-3-2-8-22-11/h2-3,6-10H,4-5H2,1H3,(H,17,19)(H,18,20). The lowest BCUT2D eigenvalue weighted by Gasteiger charge is -2.12. The molecule has 126 valence electrons. The van der Waals surface area contributed by atoms with Gasteiger partial charge in [0.1, 0.15) is 4.88 Å². The molecule has 24 heavy (non-hydrogen) atoms. The molecule has 2 amide bonds. The molecule has 0 bridgehead atoms. The Bertz CT molecular complexity index is 748. The summed E-state index contributed by atoms with van der Waals surface area (Å²) in [5.41, 5.74) is 0. The molecule has 2 aromatic heterocycles. The summed E-state index contributed by atoms with van der Waals surface area (Å²) in [5, 5.41) is 5.89. The van der Waals surface area contributed by atoms with Crippen LogP contribution in [0.2, 0.25) is 0 Å². The summed E-state index contributed by atoms with van der Waals surface area (Å²) in [4.78, 5) is 36.0. The van der Waals surface area contributed by atoms with Crippen molar-refractivity contribution in [3.8, 4) is 0 Å². The fourth-order valence-corrected chi connectivity index (χ4v) is 2.70. The average Bonchev–Trinajstić information content (AvgIpc) is 3.05. The highest BCUT2D eigenvalue weighted by Crippen LogP contribution is 2.24. The first-order chi connectivity index (χ1) is 11.5. The van der Waals surface area contributed by atoms with Crippen LogP contribution in [0.5, 0.6) is 0 Å². The summed E-state index contributed by atoms with van der Waals surface area (Å²) in [6.45, 7) is 1.53. The SMILES string of the molecule is CC(OC(=O)c1ccc(NC(=O)c2ccco2)s1)C(=O)NC1CC1. The number of hydrogen-bond donors (Lipinski definition) is 2. The second kappa shape index (κ2) is 6.88. The summed E-state index contributed by atoms with van der Waals surface area (Å²) in [6.07, 6.45) is 2.48. The van der Waals surface area contributed by atoms with Gasteiger partial charge in [0.2, 0.25) is 0 Å². The van der Waals surface area contributed by atoms with Gasteiger partial charge in [-0.2, -0.15) is 0 Å². The predicted molar refractivity (Wildman–Crippen MR) is 87.0 cm³/mol. The number of rotatable bonds is 6. The van der Waals surface area contributed by atoms with E-state index in [4.69, 9.17) is 9.15 Å². The Balaban J connectivity index is 1.55. The fraction of sp³-hybridized carbons (Fsp3) is 0.312. The zero-order valence-electron chi connectivity index (χ0n) is 12.9. The quantitative estimate of drug-likeness (QED) is 0.781. The van der Waals surface area contributed by atoms with Crippen LogP contribution in [0.1, 0.15) is 40.0 Å². The molecule has 1 fully saturated rings. The van der Waals surface area contributed by atoms with E-state index in [1.165, 1.54) is 25.3 Å². The lowest BCUT2D eigenvalue weighted by atomic mass is 10.3. The molecule has 0 radical (unpaired) electrons. The molecular formula is C16H16N2O5S. The third kappa shape index (κ3) is 4.02. The van der Waals surface area contributed by atoms with Crippen LogP contribution in [0.25, 0.3) is 0 Å². The van der Waals surface area contributed by atoms with Gasteiger partial charge in [-0.3, -0.25) is 9.59 Å². The Morgan fingerprint density at radius 3 is 2.75 bits per heavy atom. The topological polar surface area (TPSA) is 97.6 Å². The smallest absolute Gasteiger partial charge is 0.349 e. The van der Waals surface area contributed by atoms with Crippen molar-refractivity contribution in [3.05, 3.63) is 41.2 Å². The van der Waals surface area contributed by atoms with E-state index in [2.05, 4.69) is 10.6 Å². The molecule has 0 saturated heterocycles. The van der Waals surface area contributed by atoms with Crippen LogP contribution in [0.3, 0.4) is 0 Å². The lowest BCUT2D eigenvalue weighted by Crippen LogP contribution is -2.36. The Labute approximate surface area is 142 Å². The van der Waals surface area contributed by atoms with Gasteiger partial charge in [0.05, 0.1) is 11.3 Å². The van der Waals surface area contributed by atoms with E-state index in [0.717, 1.165) is 24.2 Å². The maximum atomic E-state index is 12.1. The number of esters is 1. The van der Waals surface area contributed by atoms with Crippen LogP contribution in [0, 0.1) is 0 Å². The Kier molecular flexibility index (Phi) is 4.66. The fourth-order valence-electron chi connectivity index (χ4n) is 1.91. The first-order valence-corrected chi connectivity index (χ1v) is 8.30. The van der Waals surface area contributed by atoms with Crippen molar-refractivity contribution >= 4 is 34.1 Å². The van der Waals surface area contributed by atoms with Crippen molar-refractivity contribution in [3.63, 3.8) is 0 Å². The summed E-state index contributed by atoms with van der Waals surface area (Å²) in [6, 6.07) is 6.50. The molecule has 7 nitrogen and oxygen atoms in total. The van der Waals surface area contributed by atoms with E-state index in [9.17, 15) is 14.4 Å². The molecule has 1 aliphatic rings. The zero-order valence-corrected chi connectivity index (χ0v) is 13.7. The van der Waals surface area contributed by atoms with Gasteiger partial charge in [0.25, 0.3) is 11.8 Å². The molecule has 0 aliphatic heterocycles. The van der Waals surface area contributed by atoms with Crippen molar-refractivity contribution < 1.29 is 23.5 Å². The number of furan rings is 1. The minimum Gasteiger partial charge on any atom is -0.459 e. The van der Waals surface area contributed by atoms with Gasteiger partial charge in [-0.15, -0.1) is 11.3 Å². The van der Waals surface area contributed by atoms with Gasteiger partial charge in [-0.25, -0.2) is 4.79 Å². The summed E-state index contributed by atoms with van der Waals surface area (Å²) < 4.78 is 10.1. The summed E-state index contributed by atoms with van der Waals surface area (Å²) in [5.74, 6) is -1.12. The van der Waals surface area contributed by atoms with Crippen LogP contribution >= 0.6 is 11.3 Å². The molecule has 8 heteroatoms. The molecule has 1 aliphatic carbocycles. The number of carbonyl (C=O) groups excluding carboxylic acids is 3. The molecule has 1 unspecified atom stereocenters. The molecule has 0 spiro atoms. The Morgan fingerprint density at radius 2 is 2.08 bits per heavy atom. The van der Waals surface area contributed by atoms with Gasteiger partial charge in [-0.05, 0) is 44.0 Å². The summed E-state index contributed by atoms with van der Waals surface area (Å²) in [7, 11) is 0. The predicted octanol–water partition coefficient (Wildman–Crippen LogP) is 2.42. The van der Waals surface area contributed by atoms with Gasteiger partial charge in [-0.1, -0.05) is 0 Å². The van der Waals surface area contributed by atoms with Crippen LogP contribution in [0.15, 0.2) is 34.9 Å². The van der Waals surface area contributed by atoms with Crippen LogP contribution < -0.4 is 10.6 Å². The van der Waals surface area contributed by atoms with Gasteiger partial charge in [0, 0.05) is 6.04 Å². The third-order valence-electron chi connectivity index (χ3n) is 3.37. The van der Waals surface area contributed by atoms with E-state index in [1.54, 1.807) is 12.1 Å². The molecular weight excluding hydrogens is 332 g/mol. The number of nitrogens with one attached hydrogen (secondary N) is 2. The Morgan fingerprint density at radius 1 is 1.29 bits per heavy atom. The molecule has 2 aromatic rings. The zero-order chi connectivity index (χ0) is 17.1.